The summed E-state index contributed by atoms with van der Waals surface area (Å²) in [6.45, 7) is 5.35. The van der Waals surface area contributed by atoms with E-state index in [2.05, 4.69) is 35.1 Å². The Bertz CT molecular complexity index is 354. The van der Waals surface area contributed by atoms with E-state index in [1.807, 2.05) is 6.92 Å². The zero-order valence-corrected chi connectivity index (χ0v) is 12.8. The summed E-state index contributed by atoms with van der Waals surface area (Å²) in [5.74, 6) is 0.0501. The molecular weight excluding hydrogens is 260 g/mol. The van der Waals surface area contributed by atoms with Crippen LogP contribution in [0.5, 0.6) is 0 Å². The van der Waals surface area contributed by atoms with Gasteiger partial charge in [0.05, 0.1) is 6.04 Å². The molecule has 19 heavy (non-hydrogen) atoms. The van der Waals surface area contributed by atoms with Gasteiger partial charge in [0.15, 0.2) is 0 Å². The van der Waals surface area contributed by atoms with Crippen LogP contribution in [0.15, 0.2) is 17.5 Å². The number of carbonyl (C=O) groups excluding carboxylic acids is 1. The maximum Gasteiger partial charge on any atom is 0.236 e. The molecule has 0 fully saturated rings. The molecular formula is C14H24N2O2S. The molecule has 2 unspecified atom stereocenters. The van der Waals surface area contributed by atoms with Crippen LogP contribution in [0.2, 0.25) is 0 Å². The molecule has 0 aliphatic carbocycles. The van der Waals surface area contributed by atoms with Crippen molar-refractivity contribution in [3.8, 4) is 0 Å². The molecule has 1 amide bonds. The third-order valence-corrected chi connectivity index (χ3v) is 3.74. The van der Waals surface area contributed by atoms with E-state index in [0.717, 1.165) is 12.8 Å². The molecule has 1 aromatic heterocycles. The van der Waals surface area contributed by atoms with Crippen molar-refractivity contribution in [2.45, 2.75) is 38.8 Å². The fraction of sp³-hybridized carbons (Fsp3) is 0.643. The Balaban J connectivity index is 2.21. The maximum atomic E-state index is 11.8. The molecule has 0 aromatic carbocycles. The summed E-state index contributed by atoms with van der Waals surface area (Å²) >= 11 is 1.75. The quantitative estimate of drug-likeness (QED) is 0.680. The number of thiophene rings is 1. The number of amides is 1. The van der Waals surface area contributed by atoms with Gasteiger partial charge in [0.2, 0.25) is 5.91 Å². The van der Waals surface area contributed by atoms with Crippen molar-refractivity contribution in [3.05, 3.63) is 22.4 Å². The maximum absolute atomic E-state index is 11.8. The van der Waals surface area contributed by atoms with E-state index >= 15 is 0 Å². The number of ether oxygens (including phenoxy) is 1. The zero-order chi connectivity index (χ0) is 14.1. The van der Waals surface area contributed by atoms with Gasteiger partial charge < -0.3 is 15.4 Å². The Morgan fingerprint density at radius 2 is 2.26 bits per heavy atom. The van der Waals surface area contributed by atoms with Crippen molar-refractivity contribution >= 4 is 17.2 Å². The zero-order valence-electron chi connectivity index (χ0n) is 11.9. The average molecular weight is 284 g/mol. The highest BCUT2D eigenvalue weighted by atomic mass is 32.1. The lowest BCUT2D eigenvalue weighted by atomic mass is 10.2. The van der Waals surface area contributed by atoms with Crippen molar-refractivity contribution in [3.63, 3.8) is 0 Å². The lowest BCUT2D eigenvalue weighted by Crippen LogP contribution is -2.46. The van der Waals surface area contributed by atoms with Crippen molar-refractivity contribution in [2.75, 3.05) is 20.3 Å². The molecule has 2 atom stereocenters. The highest BCUT2D eigenvalue weighted by Gasteiger charge is 2.15. The minimum atomic E-state index is -0.169. The van der Waals surface area contributed by atoms with Crippen LogP contribution in [0.1, 0.15) is 25.1 Å². The molecule has 1 heterocycles. The van der Waals surface area contributed by atoms with E-state index in [-0.39, 0.29) is 11.9 Å². The first-order chi connectivity index (χ1) is 9.13. The molecule has 5 heteroatoms. The summed E-state index contributed by atoms with van der Waals surface area (Å²) in [6, 6.07) is 4.30. The first-order valence-electron chi connectivity index (χ1n) is 6.68. The summed E-state index contributed by atoms with van der Waals surface area (Å²) < 4.78 is 4.94. The fourth-order valence-corrected chi connectivity index (χ4v) is 2.71. The molecule has 4 nitrogen and oxygen atoms in total. The van der Waals surface area contributed by atoms with E-state index in [9.17, 15) is 4.79 Å². The smallest absolute Gasteiger partial charge is 0.236 e. The number of nitrogens with one attached hydrogen (secondary N) is 2. The third-order valence-electron chi connectivity index (χ3n) is 2.84. The van der Waals surface area contributed by atoms with Gasteiger partial charge in [-0.05, 0) is 38.1 Å². The molecule has 2 N–H and O–H groups in total. The van der Waals surface area contributed by atoms with Gasteiger partial charge in [-0.3, -0.25) is 4.79 Å². The lowest BCUT2D eigenvalue weighted by Gasteiger charge is -2.19. The molecule has 108 valence electrons. The summed E-state index contributed by atoms with van der Waals surface area (Å²) in [5.41, 5.74) is 0. The van der Waals surface area contributed by atoms with Crippen LogP contribution >= 0.6 is 11.3 Å². The van der Waals surface area contributed by atoms with Crippen LogP contribution in [0, 0.1) is 0 Å². The Labute approximate surface area is 119 Å². The number of hydrogen-bond acceptors (Lipinski definition) is 4. The first-order valence-corrected chi connectivity index (χ1v) is 7.56. The van der Waals surface area contributed by atoms with Gasteiger partial charge in [0, 0.05) is 31.2 Å². The van der Waals surface area contributed by atoms with Crippen LogP contribution in [0.4, 0.5) is 0 Å². The minimum absolute atomic E-state index is 0.0501. The first kappa shape index (κ1) is 16.1. The molecule has 0 radical (unpaired) electrons. The van der Waals surface area contributed by atoms with E-state index in [0.29, 0.717) is 19.2 Å². The normalized spacial score (nSPS) is 14.1. The van der Waals surface area contributed by atoms with E-state index < -0.39 is 0 Å². The van der Waals surface area contributed by atoms with Crippen molar-refractivity contribution in [1.82, 2.24) is 10.6 Å². The number of methoxy groups -OCH3 is 1. The van der Waals surface area contributed by atoms with Gasteiger partial charge in [0.1, 0.15) is 0 Å². The standard InChI is InChI=1S/C14H24N2O2S/c1-11(10-13-6-4-9-19-13)16-12(2)14(17)15-7-5-8-18-3/h4,6,9,11-12,16H,5,7-8,10H2,1-3H3,(H,15,17). The van der Waals surface area contributed by atoms with Crippen molar-refractivity contribution < 1.29 is 9.53 Å². The summed E-state index contributed by atoms with van der Waals surface area (Å²) in [5, 5.41) is 8.30. The van der Waals surface area contributed by atoms with Gasteiger partial charge in [-0.25, -0.2) is 0 Å². The predicted octanol–water partition coefficient (Wildman–Crippen LogP) is 1.81. The number of rotatable bonds is 9. The summed E-state index contributed by atoms with van der Waals surface area (Å²) in [6.07, 6.45) is 1.80. The molecule has 0 aliphatic heterocycles. The Hall–Kier alpha value is -0.910. The van der Waals surface area contributed by atoms with Crippen LogP contribution in [-0.4, -0.2) is 38.3 Å². The Kier molecular flexibility index (Phi) is 7.70. The van der Waals surface area contributed by atoms with Crippen molar-refractivity contribution in [1.29, 1.82) is 0 Å². The van der Waals surface area contributed by atoms with E-state index in [1.54, 1.807) is 18.4 Å². The van der Waals surface area contributed by atoms with Crippen LogP contribution < -0.4 is 10.6 Å². The van der Waals surface area contributed by atoms with Crippen molar-refractivity contribution in [2.24, 2.45) is 0 Å². The second kappa shape index (κ2) is 9.07. The largest absolute Gasteiger partial charge is 0.385 e. The molecule has 1 rings (SSSR count). The van der Waals surface area contributed by atoms with Gasteiger partial charge in [-0.1, -0.05) is 6.07 Å². The van der Waals surface area contributed by atoms with Gasteiger partial charge in [-0.2, -0.15) is 0 Å². The number of carbonyl (C=O) groups is 1. The van der Waals surface area contributed by atoms with Gasteiger partial charge in [-0.15, -0.1) is 11.3 Å². The Morgan fingerprint density at radius 1 is 1.47 bits per heavy atom. The second-order valence-corrected chi connectivity index (χ2v) is 5.74. The predicted molar refractivity (Wildman–Crippen MR) is 79.6 cm³/mol. The highest BCUT2D eigenvalue weighted by Crippen LogP contribution is 2.11. The molecule has 0 spiro atoms. The highest BCUT2D eigenvalue weighted by molar-refractivity contribution is 7.09. The van der Waals surface area contributed by atoms with Crippen LogP contribution in [-0.2, 0) is 16.0 Å². The number of hydrogen-bond donors (Lipinski definition) is 2. The lowest BCUT2D eigenvalue weighted by molar-refractivity contribution is -0.122. The molecule has 1 aromatic rings. The van der Waals surface area contributed by atoms with Crippen LogP contribution in [0.25, 0.3) is 0 Å². The molecule has 0 saturated carbocycles. The van der Waals surface area contributed by atoms with E-state index in [4.69, 9.17) is 4.74 Å². The van der Waals surface area contributed by atoms with E-state index in [1.165, 1.54) is 4.88 Å². The van der Waals surface area contributed by atoms with Crippen LogP contribution in [0.3, 0.4) is 0 Å². The molecule has 0 aliphatic rings. The topological polar surface area (TPSA) is 50.4 Å². The third kappa shape index (κ3) is 6.71. The summed E-state index contributed by atoms with van der Waals surface area (Å²) in [4.78, 5) is 13.2. The second-order valence-electron chi connectivity index (χ2n) is 4.71. The molecule has 0 bridgehead atoms. The van der Waals surface area contributed by atoms with Gasteiger partial charge in [0.25, 0.3) is 0 Å². The minimum Gasteiger partial charge on any atom is -0.385 e. The SMILES string of the molecule is COCCCNC(=O)C(C)NC(C)Cc1cccs1. The average Bonchev–Trinajstić information content (AvgIpc) is 2.86. The monoisotopic (exact) mass is 284 g/mol. The Morgan fingerprint density at radius 3 is 2.89 bits per heavy atom. The molecule has 0 saturated heterocycles. The van der Waals surface area contributed by atoms with Gasteiger partial charge >= 0.3 is 0 Å². The summed E-state index contributed by atoms with van der Waals surface area (Å²) in [7, 11) is 1.66. The fourth-order valence-electron chi connectivity index (χ4n) is 1.87.